The van der Waals surface area contributed by atoms with Crippen LogP contribution in [0.1, 0.15) is 37.4 Å². The first-order valence-electron chi connectivity index (χ1n) is 5.95. The van der Waals surface area contributed by atoms with Crippen molar-refractivity contribution in [1.82, 2.24) is 4.98 Å². The number of hydrogen-bond acceptors (Lipinski definition) is 0. The molecule has 0 amide bonds. The first-order chi connectivity index (χ1) is 7.65. The third-order valence-electron chi connectivity index (χ3n) is 3.70. The molecule has 0 radical (unpaired) electrons. The Labute approximate surface area is 101 Å². The van der Waals surface area contributed by atoms with Crippen LogP contribution in [-0.4, -0.2) is 4.98 Å². The molecule has 0 fully saturated rings. The molecule has 3 rings (SSSR count). The zero-order valence-electron chi connectivity index (χ0n) is 9.68. The van der Waals surface area contributed by atoms with Crippen molar-refractivity contribution in [3.05, 3.63) is 34.5 Å². The molecule has 0 saturated carbocycles. The normalized spacial score (nSPS) is 24.7. The van der Waals surface area contributed by atoms with Gasteiger partial charge in [0.1, 0.15) is 0 Å². The molecule has 2 aromatic rings. The molecule has 1 aliphatic carbocycles. The molecular formula is C14H16ClN. The van der Waals surface area contributed by atoms with Crippen LogP contribution in [0.15, 0.2) is 18.2 Å². The minimum absolute atomic E-state index is 0.643. The van der Waals surface area contributed by atoms with Gasteiger partial charge in [0.15, 0.2) is 0 Å². The predicted molar refractivity (Wildman–Crippen MR) is 69.2 cm³/mol. The predicted octanol–water partition coefficient (Wildman–Crippen LogP) is 4.51. The summed E-state index contributed by atoms with van der Waals surface area (Å²) >= 11 is 6.08. The molecule has 84 valence electrons. The summed E-state index contributed by atoms with van der Waals surface area (Å²) in [5, 5.41) is 2.15. The SMILES string of the molecule is CC1Cc2c([nH]c3ccc(Cl)cc23)C(C)C1. The maximum absolute atomic E-state index is 6.08. The second-order valence-corrected chi connectivity index (χ2v) is 5.59. The molecule has 0 bridgehead atoms. The van der Waals surface area contributed by atoms with E-state index >= 15 is 0 Å². The second kappa shape index (κ2) is 3.53. The van der Waals surface area contributed by atoms with Gasteiger partial charge in [-0.05, 0) is 48.4 Å². The Balaban J connectivity index is 2.27. The summed E-state index contributed by atoms with van der Waals surface area (Å²) in [6.07, 6.45) is 2.47. The van der Waals surface area contributed by atoms with Crippen LogP contribution < -0.4 is 0 Å². The topological polar surface area (TPSA) is 15.8 Å². The van der Waals surface area contributed by atoms with Gasteiger partial charge in [0.25, 0.3) is 0 Å². The highest BCUT2D eigenvalue weighted by Crippen LogP contribution is 2.38. The summed E-state index contributed by atoms with van der Waals surface area (Å²) in [5.74, 6) is 1.42. The van der Waals surface area contributed by atoms with Crippen molar-refractivity contribution in [2.45, 2.75) is 32.6 Å². The lowest BCUT2D eigenvalue weighted by Gasteiger charge is -2.24. The molecule has 1 N–H and O–H groups in total. The highest BCUT2D eigenvalue weighted by atomic mass is 35.5. The monoisotopic (exact) mass is 233 g/mol. The molecule has 0 spiro atoms. The first kappa shape index (κ1) is 10.2. The molecule has 2 atom stereocenters. The zero-order chi connectivity index (χ0) is 11.3. The average molecular weight is 234 g/mol. The van der Waals surface area contributed by atoms with E-state index in [1.165, 1.54) is 35.0 Å². The fraction of sp³-hybridized carbons (Fsp3) is 0.429. The molecule has 1 heterocycles. The van der Waals surface area contributed by atoms with Crippen molar-refractivity contribution < 1.29 is 0 Å². The third-order valence-corrected chi connectivity index (χ3v) is 3.94. The van der Waals surface area contributed by atoms with Gasteiger partial charge in [-0.1, -0.05) is 25.4 Å². The molecule has 0 saturated heterocycles. The Bertz CT molecular complexity index is 541. The van der Waals surface area contributed by atoms with Crippen molar-refractivity contribution in [2.24, 2.45) is 5.92 Å². The lowest BCUT2D eigenvalue weighted by Crippen LogP contribution is -2.13. The number of benzene rings is 1. The summed E-state index contributed by atoms with van der Waals surface area (Å²) in [6, 6.07) is 6.14. The van der Waals surface area contributed by atoms with Gasteiger partial charge in [0, 0.05) is 21.6 Å². The van der Waals surface area contributed by atoms with Gasteiger partial charge in [0.05, 0.1) is 0 Å². The maximum atomic E-state index is 6.08. The number of fused-ring (bicyclic) bond motifs is 3. The molecule has 1 nitrogen and oxygen atoms in total. The van der Waals surface area contributed by atoms with Crippen LogP contribution in [0.3, 0.4) is 0 Å². The summed E-state index contributed by atoms with van der Waals surface area (Å²) in [5.41, 5.74) is 4.15. The standard InChI is InChI=1S/C14H16ClN/c1-8-5-9(2)14-12(6-8)11-7-10(15)3-4-13(11)16-14/h3-4,7-9,16H,5-6H2,1-2H3. The van der Waals surface area contributed by atoms with Gasteiger partial charge in [-0.25, -0.2) is 0 Å². The molecule has 0 aliphatic heterocycles. The van der Waals surface area contributed by atoms with Gasteiger partial charge < -0.3 is 4.98 Å². The number of rotatable bonds is 0. The fourth-order valence-electron chi connectivity index (χ4n) is 3.03. The third kappa shape index (κ3) is 1.46. The Hall–Kier alpha value is -0.950. The molecule has 2 unspecified atom stereocenters. The number of aromatic amines is 1. The Morgan fingerprint density at radius 2 is 2.12 bits per heavy atom. The summed E-state index contributed by atoms with van der Waals surface area (Å²) < 4.78 is 0. The van der Waals surface area contributed by atoms with E-state index < -0.39 is 0 Å². The number of hydrogen-bond donors (Lipinski definition) is 1. The molecule has 1 aromatic carbocycles. The van der Waals surface area contributed by atoms with Gasteiger partial charge in [-0.2, -0.15) is 0 Å². The van der Waals surface area contributed by atoms with E-state index in [-0.39, 0.29) is 0 Å². The first-order valence-corrected chi connectivity index (χ1v) is 6.33. The summed E-state index contributed by atoms with van der Waals surface area (Å²) in [4.78, 5) is 3.55. The highest BCUT2D eigenvalue weighted by molar-refractivity contribution is 6.31. The largest absolute Gasteiger partial charge is 0.358 e. The molecular weight excluding hydrogens is 218 g/mol. The van der Waals surface area contributed by atoms with E-state index in [0.717, 1.165) is 10.9 Å². The smallest absolute Gasteiger partial charge is 0.0460 e. The minimum atomic E-state index is 0.643. The summed E-state index contributed by atoms with van der Waals surface area (Å²) in [7, 11) is 0. The van der Waals surface area contributed by atoms with Gasteiger partial charge in [0.2, 0.25) is 0 Å². The van der Waals surface area contributed by atoms with Crippen molar-refractivity contribution in [1.29, 1.82) is 0 Å². The van der Waals surface area contributed by atoms with E-state index in [4.69, 9.17) is 11.6 Å². The van der Waals surface area contributed by atoms with Gasteiger partial charge in [-0.3, -0.25) is 0 Å². The quantitative estimate of drug-likeness (QED) is 0.689. The number of nitrogens with one attached hydrogen (secondary N) is 1. The Kier molecular flexibility index (Phi) is 2.25. The van der Waals surface area contributed by atoms with Crippen LogP contribution in [0.4, 0.5) is 0 Å². The van der Waals surface area contributed by atoms with Gasteiger partial charge >= 0.3 is 0 Å². The number of halogens is 1. The molecule has 1 aliphatic rings. The molecule has 2 heteroatoms. The average Bonchev–Trinajstić information content (AvgIpc) is 2.57. The highest BCUT2D eigenvalue weighted by Gasteiger charge is 2.25. The fourth-order valence-corrected chi connectivity index (χ4v) is 3.21. The second-order valence-electron chi connectivity index (χ2n) is 5.15. The summed E-state index contributed by atoms with van der Waals surface area (Å²) in [6.45, 7) is 4.65. The Morgan fingerprint density at radius 1 is 1.31 bits per heavy atom. The van der Waals surface area contributed by atoms with E-state index in [1.807, 2.05) is 6.07 Å². The van der Waals surface area contributed by atoms with Crippen LogP contribution in [-0.2, 0) is 6.42 Å². The minimum Gasteiger partial charge on any atom is -0.358 e. The Morgan fingerprint density at radius 3 is 2.94 bits per heavy atom. The van der Waals surface area contributed by atoms with Crippen molar-refractivity contribution >= 4 is 22.5 Å². The zero-order valence-corrected chi connectivity index (χ0v) is 10.4. The molecule has 16 heavy (non-hydrogen) atoms. The molecule has 1 aromatic heterocycles. The van der Waals surface area contributed by atoms with Crippen LogP contribution in [0, 0.1) is 5.92 Å². The van der Waals surface area contributed by atoms with E-state index in [9.17, 15) is 0 Å². The van der Waals surface area contributed by atoms with Crippen LogP contribution in [0.25, 0.3) is 10.9 Å². The lowest BCUT2D eigenvalue weighted by atomic mass is 9.81. The van der Waals surface area contributed by atoms with Crippen LogP contribution in [0.5, 0.6) is 0 Å². The lowest BCUT2D eigenvalue weighted by molar-refractivity contribution is 0.447. The van der Waals surface area contributed by atoms with Crippen molar-refractivity contribution in [3.63, 3.8) is 0 Å². The van der Waals surface area contributed by atoms with Crippen LogP contribution >= 0.6 is 11.6 Å². The van der Waals surface area contributed by atoms with Gasteiger partial charge in [-0.15, -0.1) is 0 Å². The number of H-pyrrole nitrogens is 1. The number of aromatic nitrogens is 1. The van der Waals surface area contributed by atoms with E-state index in [1.54, 1.807) is 0 Å². The van der Waals surface area contributed by atoms with Crippen molar-refractivity contribution in [2.75, 3.05) is 0 Å². The van der Waals surface area contributed by atoms with E-state index in [2.05, 4.69) is 31.0 Å². The maximum Gasteiger partial charge on any atom is 0.0460 e. The van der Waals surface area contributed by atoms with Crippen LogP contribution in [0.2, 0.25) is 5.02 Å². The van der Waals surface area contributed by atoms with E-state index in [0.29, 0.717) is 5.92 Å². The van der Waals surface area contributed by atoms with Crippen molar-refractivity contribution in [3.8, 4) is 0 Å².